The third kappa shape index (κ3) is 4.46. The molecule has 0 bridgehead atoms. The zero-order chi connectivity index (χ0) is 13.7. The number of nitrogens with two attached hydrogens (primary N) is 1. The number of rotatable bonds is 4. The van der Waals surface area contributed by atoms with E-state index in [4.69, 9.17) is 5.73 Å². The number of likely N-dealkylation sites (tertiary alicyclic amines) is 1. The van der Waals surface area contributed by atoms with Gasteiger partial charge in [-0.15, -0.1) is 12.4 Å². The van der Waals surface area contributed by atoms with Gasteiger partial charge in [0.05, 0.1) is 6.42 Å². The molecule has 1 atom stereocenters. The molecular weight excluding hydrogens is 279 g/mol. The lowest BCUT2D eigenvalue weighted by molar-refractivity contribution is -0.134. The molecule has 1 aromatic carbocycles. The maximum atomic E-state index is 13.1. The van der Waals surface area contributed by atoms with Crippen molar-refractivity contribution in [2.24, 2.45) is 5.73 Å². The minimum atomic E-state index is -0.289. The Kier molecular flexibility index (Phi) is 6.96. The number of amides is 1. The Hall–Kier alpha value is -1.13. The highest BCUT2D eigenvalue weighted by molar-refractivity contribution is 5.85. The molecule has 5 heteroatoms. The maximum absolute atomic E-state index is 13.1. The van der Waals surface area contributed by atoms with Crippen LogP contribution in [0.25, 0.3) is 0 Å². The van der Waals surface area contributed by atoms with Crippen LogP contribution in [0.2, 0.25) is 0 Å². The van der Waals surface area contributed by atoms with Gasteiger partial charge in [-0.1, -0.05) is 12.1 Å². The number of halogens is 2. The van der Waals surface area contributed by atoms with E-state index in [0.29, 0.717) is 6.54 Å². The predicted molar refractivity (Wildman–Crippen MR) is 80.4 cm³/mol. The number of piperidine rings is 1. The molecule has 2 N–H and O–H groups in total. The molecule has 1 amide bonds. The van der Waals surface area contributed by atoms with Crippen LogP contribution in [0.15, 0.2) is 24.3 Å². The summed E-state index contributed by atoms with van der Waals surface area (Å²) in [6.07, 6.45) is 4.38. The molecule has 1 fully saturated rings. The average Bonchev–Trinajstić information content (AvgIpc) is 2.39. The second-order valence-corrected chi connectivity index (χ2v) is 5.12. The van der Waals surface area contributed by atoms with Crippen molar-refractivity contribution in [2.75, 3.05) is 13.1 Å². The Morgan fingerprint density at radius 1 is 1.40 bits per heavy atom. The van der Waals surface area contributed by atoms with Crippen molar-refractivity contribution >= 4 is 18.3 Å². The van der Waals surface area contributed by atoms with Gasteiger partial charge in [0.15, 0.2) is 0 Å². The summed E-state index contributed by atoms with van der Waals surface area (Å²) in [6.45, 7) is 1.41. The minimum Gasteiger partial charge on any atom is -0.339 e. The lowest BCUT2D eigenvalue weighted by Crippen LogP contribution is -2.45. The van der Waals surface area contributed by atoms with Gasteiger partial charge in [0, 0.05) is 12.6 Å². The van der Waals surface area contributed by atoms with E-state index in [1.807, 2.05) is 4.90 Å². The standard InChI is InChI=1S/C15H21FN2O.ClH/c16-13-5-3-4-12(10-13)11-15(19)18-9-2-1-6-14(18)7-8-17;/h3-5,10,14H,1-2,6-9,11,17H2;1H. The van der Waals surface area contributed by atoms with Crippen LogP contribution in [0.1, 0.15) is 31.2 Å². The van der Waals surface area contributed by atoms with E-state index >= 15 is 0 Å². The number of nitrogens with zero attached hydrogens (tertiary/aromatic N) is 1. The SMILES string of the molecule is Cl.NCCC1CCCCN1C(=O)Cc1cccc(F)c1. The number of carbonyl (C=O) groups is 1. The van der Waals surface area contributed by atoms with E-state index in [1.165, 1.54) is 12.1 Å². The second kappa shape index (κ2) is 8.22. The first-order valence-electron chi connectivity index (χ1n) is 6.94. The van der Waals surface area contributed by atoms with Crippen molar-refractivity contribution in [3.05, 3.63) is 35.6 Å². The van der Waals surface area contributed by atoms with E-state index < -0.39 is 0 Å². The van der Waals surface area contributed by atoms with Crippen molar-refractivity contribution in [3.8, 4) is 0 Å². The van der Waals surface area contributed by atoms with Gasteiger partial charge in [-0.2, -0.15) is 0 Å². The average molecular weight is 301 g/mol. The predicted octanol–water partition coefficient (Wildman–Crippen LogP) is 2.52. The molecule has 1 aliphatic heterocycles. The van der Waals surface area contributed by atoms with Crippen LogP contribution in [-0.2, 0) is 11.2 Å². The van der Waals surface area contributed by atoms with Crippen LogP contribution < -0.4 is 5.73 Å². The topological polar surface area (TPSA) is 46.3 Å². The van der Waals surface area contributed by atoms with Crippen LogP contribution in [0.3, 0.4) is 0 Å². The zero-order valence-corrected chi connectivity index (χ0v) is 12.4. The monoisotopic (exact) mass is 300 g/mol. The number of benzene rings is 1. The highest BCUT2D eigenvalue weighted by Crippen LogP contribution is 2.20. The highest BCUT2D eigenvalue weighted by Gasteiger charge is 2.25. The summed E-state index contributed by atoms with van der Waals surface area (Å²) in [6, 6.07) is 6.53. The lowest BCUT2D eigenvalue weighted by Gasteiger charge is -2.35. The minimum absolute atomic E-state index is 0. The van der Waals surface area contributed by atoms with E-state index in [2.05, 4.69) is 0 Å². The van der Waals surface area contributed by atoms with Gasteiger partial charge < -0.3 is 10.6 Å². The first kappa shape index (κ1) is 16.9. The van der Waals surface area contributed by atoms with Crippen LogP contribution in [0.4, 0.5) is 4.39 Å². The van der Waals surface area contributed by atoms with Crippen LogP contribution in [0.5, 0.6) is 0 Å². The van der Waals surface area contributed by atoms with Crippen molar-refractivity contribution < 1.29 is 9.18 Å². The Balaban J connectivity index is 0.00000200. The van der Waals surface area contributed by atoms with Crippen molar-refractivity contribution in [1.82, 2.24) is 4.90 Å². The number of hydrogen-bond donors (Lipinski definition) is 1. The second-order valence-electron chi connectivity index (χ2n) is 5.12. The van der Waals surface area contributed by atoms with Gasteiger partial charge in [-0.3, -0.25) is 4.79 Å². The van der Waals surface area contributed by atoms with Crippen molar-refractivity contribution in [2.45, 2.75) is 38.1 Å². The summed E-state index contributed by atoms with van der Waals surface area (Å²) in [7, 11) is 0. The zero-order valence-electron chi connectivity index (χ0n) is 11.6. The molecule has 3 nitrogen and oxygen atoms in total. The molecular formula is C15H22ClFN2O. The molecule has 1 aromatic rings. The molecule has 0 radical (unpaired) electrons. The molecule has 0 aliphatic carbocycles. The Labute approximate surface area is 125 Å². The fourth-order valence-electron chi connectivity index (χ4n) is 2.74. The molecule has 1 unspecified atom stereocenters. The van der Waals surface area contributed by atoms with Gasteiger partial charge in [0.2, 0.25) is 5.91 Å². The number of hydrogen-bond acceptors (Lipinski definition) is 2. The summed E-state index contributed by atoms with van der Waals surface area (Å²) in [5.74, 6) is -0.203. The van der Waals surface area contributed by atoms with E-state index in [0.717, 1.165) is 37.8 Å². The Morgan fingerprint density at radius 3 is 2.90 bits per heavy atom. The summed E-state index contributed by atoms with van der Waals surface area (Å²) in [5, 5.41) is 0. The van der Waals surface area contributed by atoms with Crippen LogP contribution in [-0.4, -0.2) is 29.9 Å². The quantitative estimate of drug-likeness (QED) is 0.929. The van der Waals surface area contributed by atoms with E-state index in [9.17, 15) is 9.18 Å². The molecule has 2 rings (SSSR count). The van der Waals surface area contributed by atoms with Gasteiger partial charge in [-0.25, -0.2) is 4.39 Å². The normalized spacial score (nSPS) is 18.5. The van der Waals surface area contributed by atoms with Gasteiger partial charge >= 0.3 is 0 Å². The summed E-state index contributed by atoms with van der Waals surface area (Å²) in [4.78, 5) is 14.3. The van der Waals surface area contributed by atoms with Gasteiger partial charge in [-0.05, 0) is 49.9 Å². The first-order valence-corrected chi connectivity index (χ1v) is 6.94. The summed E-state index contributed by atoms with van der Waals surface area (Å²) >= 11 is 0. The fraction of sp³-hybridized carbons (Fsp3) is 0.533. The highest BCUT2D eigenvalue weighted by atomic mass is 35.5. The molecule has 0 saturated carbocycles. The number of carbonyl (C=O) groups excluding carboxylic acids is 1. The third-order valence-corrected chi connectivity index (χ3v) is 3.69. The smallest absolute Gasteiger partial charge is 0.227 e. The van der Waals surface area contributed by atoms with E-state index in [-0.39, 0.29) is 36.6 Å². The fourth-order valence-corrected chi connectivity index (χ4v) is 2.74. The van der Waals surface area contributed by atoms with Crippen molar-refractivity contribution in [3.63, 3.8) is 0 Å². The van der Waals surface area contributed by atoms with Gasteiger partial charge in [0.25, 0.3) is 0 Å². The molecule has 0 aromatic heterocycles. The first-order chi connectivity index (χ1) is 9.20. The third-order valence-electron chi connectivity index (χ3n) is 3.69. The molecule has 0 spiro atoms. The maximum Gasteiger partial charge on any atom is 0.227 e. The summed E-state index contributed by atoms with van der Waals surface area (Å²) < 4.78 is 13.1. The largest absolute Gasteiger partial charge is 0.339 e. The Bertz CT molecular complexity index is 440. The van der Waals surface area contributed by atoms with Crippen LogP contribution >= 0.6 is 12.4 Å². The molecule has 112 valence electrons. The molecule has 1 aliphatic rings. The Morgan fingerprint density at radius 2 is 2.20 bits per heavy atom. The molecule has 1 heterocycles. The van der Waals surface area contributed by atoms with Crippen LogP contribution in [0, 0.1) is 5.82 Å². The molecule has 20 heavy (non-hydrogen) atoms. The summed E-state index contributed by atoms with van der Waals surface area (Å²) in [5.41, 5.74) is 6.34. The van der Waals surface area contributed by atoms with E-state index in [1.54, 1.807) is 12.1 Å². The van der Waals surface area contributed by atoms with Gasteiger partial charge in [0.1, 0.15) is 5.82 Å². The molecule has 1 saturated heterocycles. The van der Waals surface area contributed by atoms with Crippen molar-refractivity contribution in [1.29, 1.82) is 0 Å². The lowest BCUT2D eigenvalue weighted by atomic mass is 9.98.